The van der Waals surface area contributed by atoms with Crippen molar-refractivity contribution in [2.75, 3.05) is 24.7 Å². The van der Waals surface area contributed by atoms with Crippen molar-refractivity contribution in [3.63, 3.8) is 0 Å². The molecule has 1 amide bonds. The van der Waals surface area contributed by atoms with Crippen LogP contribution in [0.2, 0.25) is 0 Å². The standard InChI is InChI=1S/C23H28N2O4S.C4H7F2N.C2H6/c1-23(2,3)29-22(28)24-19(15-27)16-30-21-11-10-18(14-26)12-20(21)25(4)13-17-8-6-5-7-9-17;1-7-3-2-4(3,5)6;1-2/h5-12,14-15,19H,13,16H2,1-4H3,(H,24,28);3,7H,2H2,1H3;1-2H3/t19-;3-;/m11./s1. The highest BCUT2D eigenvalue weighted by atomic mass is 32.2. The summed E-state index contributed by atoms with van der Waals surface area (Å²) in [6, 6.07) is 14.2. The van der Waals surface area contributed by atoms with Gasteiger partial charge in [-0.2, -0.15) is 0 Å². The molecule has 0 heterocycles. The van der Waals surface area contributed by atoms with Crippen molar-refractivity contribution in [2.24, 2.45) is 0 Å². The SMILES string of the molecule is CC.CN(Cc1ccccc1)c1cc(C=O)ccc1SC[C@@H](C=O)NC(=O)OC(C)(C)C.CN[C@@H]1CC1(F)F. The summed E-state index contributed by atoms with van der Waals surface area (Å²) in [6.07, 6.45) is 0.901. The maximum atomic E-state index is 12.0. The molecule has 2 atom stereocenters. The molecule has 1 saturated carbocycles. The molecule has 0 unspecified atom stereocenters. The van der Waals surface area contributed by atoms with E-state index in [-0.39, 0.29) is 6.42 Å². The Bertz CT molecular complexity index is 1050. The number of halogens is 2. The fraction of sp³-hybridized carbons (Fsp3) is 0.483. The molecule has 3 rings (SSSR count). The lowest BCUT2D eigenvalue weighted by Gasteiger charge is -2.24. The number of carbonyl (C=O) groups is 3. The molecule has 2 aromatic carbocycles. The normalized spacial score (nSPS) is 15.8. The van der Waals surface area contributed by atoms with E-state index in [9.17, 15) is 23.2 Å². The van der Waals surface area contributed by atoms with Gasteiger partial charge >= 0.3 is 6.09 Å². The summed E-state index contributed by atoms with van der Waals surface area (Å²) in [5, 5.41) is 5.06. The van der Waals surface area contributed by atoms with Crippen molar-refractivity contribution >= 4 is 36.1 Å². The van der Waals surface area contributed by atoms with E-state index < -0.39 is 29.7 Å². The number of nitrogens with zero attached hydrogens (tertiary/aromatic N) is 1. The second-order valence-corrected chi connectivity index (χ2v) is 10.8. The van der Waals surface area contributed by atoms with Crippen LogP contribution in [-0.2, 0) is 16.1 Å². The highest BCUT2D eigenvalue weighted by Crippen LogP contribution is 2.41. The average Bonchev–Trinajstić information content (AvgIpc) is 3.54. The van der Waals surface area contributed by atoms with Crippen molar-refractivity contribution in [3.8, 4) is 0 Å². The Hall–Kier alpha value is -2.98. The van der Waals surface area contributed by atoms with Gasteiger partial charge in [0.15, 0.2) is 0 Å². The van der Waals surface area contributed by atoms with Gasteiger partial charge in [0, 0.05) is 36.2 Å². The summed E-state index contributed by atoms with van der Waals surface area (Å²) in [7, 11) is 3.50. The van der Waals surface area contributed by atoms with Crippen LogP contribution in [-0.4, -0.2) is 62.1 Å². The Morgan fingerprint density at radius 1 is 1.18 bits per heavy atom. The van der Waals surface area contributed by atoms with Gasteiger partial charge in [-0.25, -0.2) is 13.6 Å². The van der Waals surface area contributed by atoms with Gasteiger partial charge in [0.25, 0.3) is 5.92 Å². The lowest BCUT2D eigenvalue weighted by atomic mass is 10.1. The van der Waals surface area contributed by atoms with Crippen LogP contribution in [0.3, 0.4) is 0 Å². The van der Waals surface area contributed by atoms with Crippen molar-refractivity contribution in [3.05, 3.63) is 59.7 Å². The number of rotatable bonds is 10. The second-order valence-electron chi connectivity index (χ2n) is 9.69. The largest absolute Gasteiger partial charge is 0.444 e. The summed E-state index contributed by atoms with van der Waals surface area (Å²) < 4.78 is 28.7. The predicted octanol–water partition coefficient (Wildman–Crippen LogP) is 5.96. The summed E-state index contributed by atoms with van der Waals surface area (Å²) in [5.41, 5.74) is 1.97. The summed E-state index contributed by atoms with van der Waals surface area (Å²) in [4.78, 5) is 37.6. The monoisotopic (exact) mass is 565 g/mol. The number of alkyl halides is 2. The van der Waals surface area contributed by atoms with Crippen molar-refractivity contribution in [2.45, 2.75) is 76.1 Å². The van der Waals surface area contributed by atoms with Gasteiger partial charge in [-0.1, -0.05) is 50.2 Å². The molecule has 0 aliphatic heterocycles. The van der Waals surface area contributed by atoms with Crippen LogP contribution in [0.25, 0.3) is 0 Å². The van der Waals surface area contributed by atoms with E-state index in [4.69, 9.17) is 4.74 Å². The number of ether oxygens (including phenoxy) is 1. The minimum atomic E-state index is -2.39. The van der Waals surface area contributed by atoms with Gasteiger partial charge in [0.2, 0.25) is 0 Å². The highest BCUT2D eigenvalue weighted by Gasteiger charge is 2.55. The number of hydrogen-bond donors (Lipinski definition) is 2. The summed E-state index contributed by atoms with van der Waals surface area (Å²) >= 11 is 1.44. The Balaban J connectivity index is 0.000000720. The molecule has 0 saturated heterocycles. The van der Waals surface area contributed by atoms with Gasteiger partial charge in [0.05, 0.1) is 17.8 Å². The topological polar surface area (TPSA) is 87.7 Å². The molecule has 2 aromatic rings. The third-order valence-corrected chi connectivity index (χ3v) is 6.43. The van der Waals surface area contributed by atoms with Crippen molar-refractivity contribution < 1.29 is 27.9 Å². The first-order valence-corrected chi connectivity index (χ1v) is 13.8. The lowest BCUT2D eigenvalue weighted by Crippen LogP contribution is -2.41. The van der Waals surface area contributed by atoms with Crippen molar-refractivity contribution in [1.82, 2.24) is 10.6 Å². The molecule has 0 spiro atoms. The van der Waals surface area contributed by atoms with Gasteiger partial charge < -0.3 is 25.1 Å². The highest BCUT2D eigenvalue weighted by molar-refractivity contribution is 7.99. The van der Waals surface area contributed by atoms with Gasteiger partial charge in [-0.15, -0.1) is 11.8 Å². The third-order valence-electron chi connectivity index (χ3n) is 5.25. The van der Waals surface area contributed by atoms with E-state index in [2.05, 4.69) is 15.5 Å². The molecular formula is C29H41F2N3O4S. The molecule has 39 heavy (non-hydrogen) atoms. The number of amides is 1. The first-order chi connectivity index (χ1) is 18.4. The summed E-state index contributed by atoms with van der Waals surface area (Å²) in [6.45, 7) is 9.96. The van der Waals surface area contributed by atoms with Crippen LogP contribution in [0, 0.1) is 0 Å². The van der Waals surface area contributed by atoms with Crippen LogP contribution < -0.4 is 15.5 Å². The van der Waals surface area contributed by atoms with Crippen LogP contribution in [0.4, 0.5) is 19.3 Å². The number of anilines is 1. The first-order valence-electron chi connectivity index (χ1n) is 12.9. The molecule has 1 aliphatic carbocycles. The zero-order valence-corrected chi connectivity index (χ0v) is 24.6. The Morgan fingerprint density at radius 2 is 1.79 bits per heavy atom. The van der Waals surface area contributed by atoms with E-state index in [0.717, 1.165) is 22.4 Å². The molecule has 0 bridgehead atoms. The smallest absolute Gasteiger partial charge is 0.408 e. The van der Waals surface area contributed by atoms with Crippen molar-refractivity contribution in [1.29, 1.82) is 0 Å². The molecule has 216 valence electrons. The summed E-state index contributed by atoms with van der Waals surface area (Å²) in [5.74, 6) is -2.05. The fourth-order valence-corrected chi connectivity index (χ4v) is 4.30. The molecular weight excluding hydrogens is 524 g/mol. The van der Waals surface area contributed by atoms with E-state index in [1.807, 2.05) is 63.4 Å². The van der Waals surface area contributed by atoms with E-state index in [0.29, 0.717) is 24.1 Å². The molecule has 10 heteroatoms. The number of nitrogens with one attached hydrogen (secondary N) is 2. The fourth-order valence-electron chi connectivity index (χ4n) is 3.25. The van der Waals surface area contributed by atoms with Gasteiger partial charge in [-0.05, 0) is 45.5 Å². The van der Waals surface area contributed by atoms with Crippen LogP contribution in [0.5, 0.6) is 0 Å². The average molecular weight is 566 g/mol. The predicted molar refractivity (Wildman–Crippen MR) is 154 cm³/mol. The minimum Gasteiger partial charge on any atom is -0.444 e. The Labute approximate surface area is 235 Å². The van der Waals surface area contributed by atoms with Gasteiger partial charge in [-0.3, -0.25) is 4.79 Å². The Morgan fingerprint density at radius 3 is 2.26 bits per heavy atom. The minimum absolute atomic E-state index is 0.0174. The molecule has 1 aliphatic rings. The van der Waals surface area contributed by atoms with E-state index >= 15 is 0 Å². The lowest BCUT2D eigenvalue weighted by molar-refractivity contribution is -0.109. The number of aldehydes is 2. The third kappa shape index (κ3) is 12.6. The molecule has 0 aromatic heterocycles. The van der Waals surface area contributed by atoms with Gasteiger partial charge in [0.1, 0.15) is 18.2 Å². The van der Waals surface area contributed by atoms with Crippen LogP contribution >= 0.6 is 11.8 Å². The number of hydrogen-bond acceptors (Lipinski definition) is 7. The van der Waals surface area contributed by atoms with E-state index in [1.165, 1.54) is 11.8 Å². The molecule has 7 nitrogen and oxygen atoms in total. The first kappa shape index (κ1) is 34.0. The number of alkyl carbamates (subject to hydrolysis) is 1. The number of carbonyl (C=O) groups excluding carboxylic acids is 3. The zero-order valence-electron chi connectivity index (χ0n) is 23.8. The van der Waals surface area contributed by atoms with Crippen LogP contribution in [0.1, 0.15) is 57.0 Å². The second kappa shape index (κ2) is 16.2. The Kier molecular flexibility index (Phi) is 14.1. The maximum absolute atomic E-state index is 12.0. The van der Waals surface area contributed by atoms with Crippen LogP contribution in [0.15, 0.2) is 53.4 Å². The molecule has 0 radical (unpaired) electrons. The molecule has 2 N–H and O–H groups in total. The quantitative estimate of drug-likeness (QED) is 0.272. The maximum Gasteiger partial charge on any atom is 0.408 e. The molecule has 1 fully saturated rings. The van der Waals surface area contributed by atoms with E-state index in [1.54, 1.807) is 33.9 Å². The number of benzene rings is 2. The zero-order chi connectivity index (χ0) is 29.6. The number of thioether (sulfide) groups is 1.